The molecule has 0 aromatic rings. The van der Waals surface area contributed by atoms with E-state index in [0.717, 1.165) is 57.5 Å². The van der Waals surface area contributed by atoms with Gasteiger partial charge in [0.2, 0.25) is 0 Å². The molecule has 250 valence electrons. The highest BCUT2D eigenvalue weighted by Crippen LogP contribution is 2.79. The molecule has 0 aliphatic rings. The van der Waals surface area contributed by atoms with Crippen molar-refractivity contribution in [3.63, 3.8) is 0 Å². The maximum atomic E-state index is 13.3. The molecule has 3 nitrogen and oxygen atoms in total. The van der Waals surface area contributed by atoms with E-state index in [1.807, 2.05) is 0 Å². The molecular formula is C35H75IO3P2. The molecule has 0 radical (unpaired) electrons. The summed E-state index contributed by atoms with van der Waals surface area (Å²) in [7, 11) is -5.93. The van der Waals surface area contributed by atoms with E-state index in [1.54, 1.807) is 0 Å². The number of halogens is 1. The van der Waals surface area contributed by atoms with Crippen molar-refractivity contribution in [1.82, 2.24) is 0 Å². The number of hydrogen-bond donors (Lipinski definition) is 2. The SMILES string of the molecule is CCCCCCCCCCCCCCC(CCCCCCCCCCCCCC)(P(=O)(O)O)[P+](C)(C)CCCC.[I-]. The first-order chi connectivity index (χ1) is 19.2. The van der Waals surface area contributed by atoms with Gasteiger partial charge in [0.1, 0.15) is 0 Å². The summed E-state index contributed by atoms with van der Waals surface area (Å²) in [6, 6.07) is 0. The molecule has 0 saturated carbocycles. The van der Waals surface area contributed by atoms with E-state index in [4.69, 9.17) is 0 Å². The van der Waals surface area contributed by atoms with Crippen LogP contribution in [0.15, 0.2) is 0 Å². The zero-order valence-electron chi connectivity index (χ0n) is 28.6. The summed E-state index contributed by atoms with van der Waals surface area (Å²) < 4.78 is 13.3. The smallest absolute Gasteiger partial charge is 0.368 e. The largest absolute Gasteiger partial charge is 1.00 e. The molecule has 41 heavy (non-hydrogen) atoms. The van der Waals surface area contributed by atoms with E-state index in [2.05, 4.69) is 34.1 Å². The molecule has 2 N–H and O–H groups in total. The van der Waals surface area contributed by atoms with Gasteiger partial charge >= 0.3 is 7.60 Å². The Balaban J connectivity index is 0. The van der Waals surface area contributed by atoms with E-state index >= 15 is 0 Å². The summed E-state index contributed by atoms with van der Waals surface area (Å²) in [6.45, 7) is 11.3. The molecule has 0 heterocycles. The highest BCUT2D eigenvalue weighted by Gasteiger charge is 2.61. The van der Waals surface area contributed by atoms with Gasteiger partial charge < -0.3 is 33.8 Å². The first-order valence-corrected chi connectivity index (χ1v) is 22.5. The van der Waals surface area contributed by atoms with Gasteiger partial charge in [-0.25, -0.2) is 0 Å². The minimum atomic E-state index is -4.18. The first kappa shape index (κ1) is 44.4. The zero-order chi connectivity index (χ0) is 30.0. The zero-order valence-corrected chi connectivity index (χ0v) is 32.5. The molecule has 0 bridgehead atoms. The molecule has 0 aromatic heterocycles. The van der Waals surface area contributed by atoms with E-state index in [9.17, 15) is 14.4 Å². The monoisotopic (exact) mass is 732 g/mol. The summed E-state index contributed by atoms with van der Waals surface area (Å²) in [6.07, 6.45) is 35.8. The van der Waals surface area contributed by atoms with Gasteiger partial charge in [-0.2, -0.15) is 0 Å². The predicted molar refractivity (Wildman–Crippen MR) is 185 cm³/mol. The van der Waals surface area contributed by atoms with Crippen LogP contribution >= 0.6 is 14.9 Å². The number of rotatable bonds is 31. The second-order valence-electron chi connectivity index (χ2n) is 13.6. The van der Waals surface area contributed by atoms with E-state index < -0.39 is 19.8 Å². The Morgan fingerprint density at radius 2 is 0.707 bits per heavy atom. The van der Waals surface area contributed by atoms with Gasteiger partial charge in [-0.15, -0.1) is 0 Å². The van der Waals surface area contributed by atoms with Crippen LogP contribution in [0.25, 0.3) is 0 Å². The van der Waals surface area contributed by atoms with Crippen LogP contribution in [0.5, 0.6) is 0 Å². The summed E-state index contributed by atoms with van der Waals surface area (Å²) >= 11 is 0. The molecule has 0 unspecified atom stereocenters. The summed E-state index contributed by atoms with van der Waals surface area (Å²) in [5.74, 6) is 0. The van der Waals surface area contributed by atoms with Crippen molar-refractivity contribution in [3.05, 3.63) is 0 Å². The second kappa shape index (κ2) is 28.8. The van der Waals surface area contributed by atoms with Gasteiger partial charge in [0.25, 0.3) is 0 Å². The van der Waals surface area contributed by atoms with Gasteiger partial charge in [-0.1, -0.05) is 168 Å². The number of unbranched alkanes of at least 4 members (excludes halogenated alkanes) is 23. The Hall–Kier alpha value is 1.31. The number of hydrogen-bond acceptors (Lipinski definition) is 1. The normalized spacial score (nSPS) is 12.6. The fourth-order valence-corrected chi connectivity index (χ4v) is 13.7. The molecule has 0 aliphatic carbocycles. The first-order valence-electron chi connectivity index (χ1n) is 18.1. The van der Waals surface area contributed by atoms with Crippen molar-refractivity contribution in [2.45, 2.75) is 205 Å². The standard InChI is InChI=1S/C35H74O3P2.HI/c1-6-9-12-14-16-18-20-22-24-26-28-30-32-35(40(36,37)38,39(4,5)34-11-8-3)33-31-29-27-25-23-21-19-17-15-13-10-7-2;/h6-34H2,1-5H3,(H-,36,37,38);1H. The average molecular weight is 733 g/mol. The third kappa shape index (κ3) is 21.6. The van der Waals surface area contributed by atoms with E-state index in [1.165, 1.54) is 128 Å². The predicted octanol–water partition coefficient (Wildman–Crippen LogP) is 10.1. The molecule has 0 aliphatic heterocycles. The van der Waals surface area contributed by atoms with Crippen molar-refractivity contribution in [2.75, 3.05) is 19.5 Å². The Labute approximate surface area is 276 Å². The minimum absolute atomic E-state index is 0. The maximum Gasteiger partial charge on any atom is 0.368 e. The second-order valence-corrected chi connectivity index (χ2v) is 20.5. The maximum absolute atomic E-state index is 13.3. The highest BCUT2D eigenvalue weighted by atomic mass is 127. The molecule has 0 spiro atoms. The van der Waals surface area contributed by atoms with Crippen molar-refractivity contribution in [1.29, 1.82) is 0 Å². The molecule has 0 aromatic carbocycles. The Morgan fingerprint density at radius 1 is 0.463 bits per heavy atom. The summed E-state index contributed by atoms with van der Waals surface area (Å²) in [4.78, 5) is 21.0. The lowest BCUT2D eigenvalue weighted by Crippen LogP contribution is -3.00. The molecule has 0 rings (SSSR count). The fraction of sp³-hybridized carbons (Fsp3) is 1.00. The Kier molecular flexibility index (Phi) is 31.2. The molecule has 0 saturated heterocycles. The molecular weight excluding hydrogens is 657 g/mol. The fourth-order valence-electron chi connectivity index (χ4n) is 6.63. The molecule has 6 heteroatoms. The van der Waals surface area contributed by atoms with Gasteiger partial charge in [-0.3, -0.25) is 4.57 Å². The molecule has 0 atom stereocenters. The van der Waals surface area contributed by atoms with Crippen LogP contribution < -0.4 is 24.0 Å². The van der Waals surface area contributed by atoms with Gasteiger partial charge in [-0.05, 0) is 32.1 Å². The van der Waals surface area contributed by atoms with Crippen LogP contribution in [0.3, 0.4) is 0 Å². The highest BCUT2D eigenvalue weighted by molar-refractivity contribution is 7.85. The van der Waals surface area contributed by atoms with Crippen molar-refractivity contribution in [3.8, 4) is 0 Å². The van der Waals surface area contributed by atoms with E-state index in [-0.39, 0.29) is 24.0 Å². The van der Waals surface area contributed by atoms with Crippen LogP contribution in [0.2, 0.25) is 0 Å². The molecule has 0 amide bonds. The Morgan fingerprint density at radius 3 is 0.951 bits per heavy atom. The van der Waals surface area contributed by atoms with Gasteiger partial charge in [0.15, 0.2) is 4.90 Å². The lowest BCUT2D eigenvalue weighted by atomic mass is 10.0. The summed E-state index contributed by atoms with van der Waals surface area (Å²) in [5, 5.41) is 0. The van der Waals surface area contributed by atoms with Gasteiger partial charge in [0.05, 0.1) is 6.16 Å². The van der Waals surface area contributed by atoms with Crippen molar-refractivity contribution < 1.29 is 38.3 Å². The Bertz CT molecular complexity index is 566. The van der Waals surface area contributed by atoms with E-state index in [0.29, 0.717) is 0 Å². The van der Waals surface area contributed by atoms with Crippen LogP contribution in [0.4, 0.5) is 0 Å². The lowest BCUT2D eigenvalue weighted by Gasteiger charge is -2.41. The lowest BCUT2D eigenvalue weighted by molar-refractivity contribution is -0.0000143. The minimum Gasteiger partial charge on any atom is -1.00 e. The quantitative estimate of drug-likeness (QED) is 0.0424. The van der Waals surface area contributed by atoms with Crippen LogP contribution in [0.1, 0.15) is 201 Å². The average Bonchev–Trinajstić information content (AvgIpc) is 2.91. The third-order valence-electron chi connectivity index (χ3n) is 9.60. The van der Waals surface area contributed by atoms with Gasteiger partial charge in [0, 0.05) is 20.6 Å². The van der Waals surface area contributed by atoms with Crippen molar-refractivity contribution in [2.24, 2.45) is 0 Å². The van der Waals surface area contributed by atoms with Crippen LogP contribution in [0, 0.1) is 0 Å². The van der Waals surface area contributed by atoms with Crippen LogP contribution in [-0.4, -0.2) is 34.2 Å². The topological polar surface area (TPSA) is 57.5 Å². The molecule has 0 fully saturated rings. The summed E-state index contributed by atoms with van der Waals surface area (Å²) in [5.41, 5.74) is 0. The van der Waals surface area contributed by atoms with Crippen molar-refractivity contribution >= 4 is 14.9 Å². The van der Waals surface area contributed by atoms with Crippen LogP contribution in [-0.2, 0) is 4.57 Å². The third-order valence-corrected chi connectivity index (χ3v) is 17.7.